The molecule has 4 nitrogen and oxygen atoms in total. The molecule has 16 heavy (non-hydrogen) atoms. The zero-order valence-electron chi connectivity index (χ0n) is 9.02. The molecule has 0 radical (unpaired) electrons. The highest BCUT2D eigenvalue weighted by molar-refractivity contribution is 5.76. The topological polar surface area (TPSA) is 55.4 Å². The van der Waals surface area contributed by atoms with E-state index in [-0.39, 0.29) is 12.5 Å². The fraction of sp³-hybridized carbons (Fsp3) is 0.333. The second-order valence-corrected chi connectivity index (χ2v) is 3.30. The molecule has 86 valence electrons. The van der Waals surface area contributed by atoms with Gasteiger partial charge in [-0.25, -0.2) is 0 Å². The summed E-state index contributed by atoms with van der Waals surface area (Å²) >= 11 is 0. The van der Waals surface area contributed by atoms with Crippen molar-refractivity contribution >= 4 is 12.4 Å². The maximum absolute atomic E-state index is 11.3. The highest BCUT2D eigenvalue weighted by Gasteiger charge is 2.00. The largest absolute Gasteiger partial charge is 0.466 e. The fourth-order valence-corrected chi connectivity index (χ4v) is 1.29. The van der Waals surface area contributed by atoms with Crippen molar-refractivity contribution in [3.8, 4) is 0 Å². The van der Waals surface area contributed by atoms with Crippen LogP contribution in [0, 0.1) is 0 Å². The minimum Gasteiger partial charge on any atom is -0.466 e. The maximum Gasteiger partial charge on any atom is 0.293 e. The van der Waals surface area contributed by atoms with Crippen LogP contribution < -0.4 is 5.32 Å². The molecule has 0 bridgehead atoms. The third-order valence-electron chi connectivity index (χ3n) is 2.09. The van der Waals surface area contributed by atoms with E-state index in [0.29, 0.717) is 19.4 Å². The van der Waals surface area contributed by atoms with Crippen LogP contribution in [0.2, 0.25) is 0 Å². The lowest BCUT2D eigenvalue weighted by atomic mass is 10.1. The standard InChI is InChI=1S/C12H15NO3/c14-10-16-9-8-13-12(15)7-6-11-4-2-1-3-5-11/h1-5,10H,6-9H2,(H,13,15). The number of carbonyl (C=O) groups is 2. The van der Waals surface area contributed by atoms with Crippen LogP contribution in [-0.2, 0) is 20.7 Å². The highest BCUT2D eigenvalue weighted by atomic mass is 16.5. The molecule has 4 heteroatoms. The predicted octanol–water partition coefficient (Wildman–Crippen LogP) is 0.908. The van der Waals surface area contributed by atoms with E-state index in [9.17, 15) is 9.59 Å². The summed E-state index contributed by atoms with van der Waals surface area (Å²) in [6.07, 6.45) is 1.17. The number of rotatable bonds is 7. The van der Waals surface area contributed by atoms with Crippen LogP contribution in [0.4, 0.5) is 0 Å². The third kappa shape index (κ3) is 5.14. The molecule has 0 fully saturated rings. The molecule has 0 heterocycles. The van der Waals surface area contributed by atoms with Crippen LogP contribution in [0.15, 0.2) is 30.3 Å². The molecule has 1 N–H and O–H groups in total. The molecule has 0 unspecified atom stereocenters. The second-order valence-electron chi connectivity index (χ2n) is 3.30. The molecule has 1 rings (SSSR count). The van der Waals surface area contributed by atoms with Crippen molar-refractivity contribution in [1.29, 1.82) is 0 Å². The summed E-state index contributed by atoms with van der Waals surface area (Å²) < 4.78 is 4.45. The number of nitrogens with one attached hydrogen (secondary N) is 1. The lowest BCUT2D eigenvalue weighted by Gasteiger charge is -2.04. The minimum atomic E-state index is -0.0293. The average molecular weight is 221 g/mol. The smallest absolute Gasteiger partial charge is 0.293 e. The Labute approximate surface area is 94.6 Å². The van der Waals surface area contributed by atoms with Gasteiger partial charge >= 0.3 is 0 Å². The Morgan fingerprint density at radius 2 is 2.06 bits per heavy atom. The van der Waals surface area contributed by atoms with Crippen LogP contribution in [-0.4, -0.2) is 25.5 Å². The zero-order valence-corrected chi connectivity index (χ0v) is 9.02. The van der Waals surface area contributed by atoms with Gasteiger partial charge < -0.3 is 10.1 Å². The van der Waals surface area contributed by atoms with Gasteiger partial charge in [-0.2, -0.15) is 0 Å². The van der Waals surface area contributed by atoms with E-state index in [1.54, 1.807) is 0 Å². The Hall–Kier alpha value is -1.84. The van der Waals surface area contributed by atoms with E-state index in [2.05, 4.69) is 10.1 Å². The van der Waals surface area contributed by atoms with Gasteiger partial charge in [0.05, 0.1) is 6.54 Å². The number of benzene rings is 1. The van der Waals surface area contributed by atoms with Gasteiger partial charge in [0, 0.05) is 6.42 Å². The summed E-state index contributed by atoms with van der Waals surface area (Å²) in [6.45, 7) is 0.961. The number of carbonyl (C=O) groups excluding carboxylic acids is 2. The van der Waals surface area contributed by atoms with Gasteiger partial charge in [0.25, 0.3) is 6.47 Å². The van der Waals surface area contributed by atoms with E-state index in [1.807, 2.05) is 30.3 Å². The molecule has 0 saturated heterocycles. The first-order valence-corrected chi connectivity index (χ1v) is 5.19. The monoisotopic (exact) mass is 221 g/mol. The lowest BCUT2D eigenvalue weighted by molar-refractivity contribution is -0.129. The van der Waals surface area contributed by atoms with Crippen molar-refractivity contribution in [3.63, 3.8) is 0 Å². The van der Waals surface area contributed by atoms with Gasteiger partial charge in [-0.1, -0.05) is 30.3 Å². The lowest BCUT2D eigenvalue weighted by Crippen LogP contribution is -2.27. The van der Waals surface area contributed by atoms with Gasteiger partial charge in [-0.05, 0) is 12.0 Å². The van der Waals surface area contributed by atoms with E-state index >= 15 is 0 Å². The molecular formula is C12H15NO3. The summed E-state index contributed by atoms with van der Waals surface area (Å²) in [4.78, 5) is 21.1. The van der Waals surface area contributed by atoms with E-state index in [0.717, 1.165) is 12.0 Å². The molecule has 0 atom stereocenters. The Morgan fingerprint density at radius 3 is 2.75 bits per heavy atom. The number of hydrogen-bond donors (Lipinski definition) is 1. The molecule has 1 aromatic carbocycles. The van der Waals surface area contributed by atoms with E-state index in [4.69, 9.17) is 0 Å². The van der Waals surface area contributed by atoms with Crippen molar-refractivity contribution in [1.82, 2.24) is 5.32 Å². The van der Waals surface area contributed by atoms with Crippen LogP contribution in [0.25, 0.3) is 0 Å². The van der Waals surface area contributed by atoms with Crippen molar-refractivity contribution in [2.75, 3.05) is 13.2 Å². The second kappa shape index (κ2) is 7.45. The summed E-state index contributed by atoms with van der Waals surface area (Å²) in [5, 5.41) is 2.66. The molecule has 1 aromatic rings. The fourth-order valence-electron chi connectivity index (χ4n) is 1.29. The Bertz CT molecular complexity index is 324. The number of amides is 1. The third-order valence-corrected chi connectivity index (χ3v) is 2.09. The van der Waals surface area contributed by atoms with E-state index in [1.165, 1.54) is 0 Å². The first-order chi connectivity index (χ1) is 7.83. The first-order valence-electron chi connectivity index (χ1n) is 5.19. The Kier molecular flexibility index (Phi) is 5.70. The number of hydrogen-bond acceptors (Lipinski definition) is 3. The molecule has 0 aliphatic carbocycles. The Morgan fingerprint density at radius 1 is 1.31 bits per heavy atom. The van der Waals surface area contributed by atoms with Gasteiger partial charge in [-0.15, -0.1) is 0 Å². The summed E-state index contributed by atoms with van der Waals surface area (Å²) in [7, 11) is 0. The van der Waals surface area contributed by atoms with Crippen molar-refractivity contribution in [2.24, 2.45) is 0 Å². The highest BCUT2D eigenvalue weighted by Crippen LogP contribution is 2.01. The van der Waals surface area contributed by atoms with Crippen molar-refractivity contribution in [3.05, 3.63) is 35.9 Å². The Balaban J connectivity index is 2.13. The zero-order chi connectivity index (χ0) is 11.6. The van der Waals surface area contributed by atoms with Crippen molar-refractivity contribution < 1.29 is 14.3 Å². The summed E-state index contributed by atoms with van der Waals surface area (Å²) in [5.74, 6) is -0.0293. The average Bonchev–Trinajstić information content (AvgIpc) is 2.33. The van der Waals surface area contributed by atoms with Crippen LogP contribution >= 0.6 is 0 Å². The van der Waals surface area contributed by atoms with Gasteiger partial charge in [0.15, 0.2) is 0 Å². The van der Waals surface area contributed by atoms with Crippen molar-refractivity contribution in [2.45, 2.75) is 12.8 Å². The molecule has 0 aliphatic rings. The first kappa shape index (κ1) is 12.2. The molecular weight excluding hydrogens is 206 g/mol. The maximum atomic E-state index is 11.3. The van der Waals surface area contributed by atoms with Gasteiger partial charge in [0.2, 0.25) is 5.91 Å². The van der Waals surface area contributed by atoms with E-state index < -0.39 is 0 Å². The number of ether oxygens (including phenoxy) is 1. The molecule has 0 spiro atoms. The quantitative estimate of drug-likeness (QED) is 0.550. The summed E-state index contributed by atoms with van der Waals surface area (Å²) in [6, 6.07) is 9.82. The normalized spacial score (nSPS) is 9.50. The molecule has 1 amide bonds. The number of aryl methyl sites for hydroxylation is 1. The van der Waals surface area contributed by atoms with Crippen LogP contribution in [0.1, 0.15) is 12.0 Å². The van der Waals surface area contributed by atoms with Crippen LogP contribution in [0.5, 0.6) is 0 Å². The SMILES string of the molecule is O=COCCNC(=O)CCc1ccccc1. The minimum absolute atomic E-state index is 0.0293. The van der Waals surface area contributed by atoms with Crippen LogP contribution in [0.3, 0.4) is 0 Å². The van der Waals surface area contributed by atoms with Gasteiger partial charge in [0.1, 0.15) is 6.61 Å². The molecule has 0 aromatic heterocycles. The van der Waals surface area contributed by atoms with Gasteiger partial charge in [-0.3, -0.25) is 9.59 Å². The summed E-state index contributed by atoms with van der Waals surface area (Å²) in [5.41, 5.74) is 1.14. The molecule has 0 aliphatic heterocycles. The predicted molar refractivity (Wildman–Crippen MR) is 59.8 cm³/mol. The molecule has 0 saturated carbocycles.